The summed E-state index contributed by atoms with van der Waals surface area (Å²) in [5.41, 5.74) is -0.247. The molecule has 1 atom stereocenters. The molecular formula is C15H28N2O3. The highest BCUT2D eigenvalue weighted by Gasteiger charge is 2.34. The Balaban J connectivity index is 1.64. The van der Waals surface area contributed by atoms with Gasteiger partial charge in [-0.3, -0.25) is 4.79 Å². The highest BCUT2D eigenvalue weighted by atomic mass is 16.5. The summed E-state index contributed by atoms with van der Waals surface area (Å²) >= 11 is 0. The van der Waals surface area contributed by atoms with Crippen molar-refractivity contribution in [3.63, 3.8) is 0 Å². The first-order chi connectivity index (χ1) is 9.74. The zero-order chi connectivity index (χ0) is 14.3. The minimum Gasteiger partial charge on any atom is -0.378 e. The first-order valence-electron chi connectivity index (χ1n) is 7.87. The Kier molecular flexibility index (Phi) is 6.26. The van der Waals surface area contributed by atoms with E-state index in [0.29, 0.717) is 25.7 Å². The smallest absolute Gasteiger partial charge is 0.234 e. The number of methoxy groups -OCH3 is 1. The molecule has 1 heterocycles. The molecular weight excluding hydrogens is 256 g/mol. The Bertz CT molecular complexity index is 295. The molecule has 1 saturated heterocycles. The van der Waals surface area contributed by atoms with Gasteiger partial charge in [0.05, 0.1) is 13.2 Å². The summed E-state index contributed by atoms with van der Waals surface area (Å²) in [5.74, 6) is 0.0991. The number of hydrogen-bond donors (Lipinski definition) is 2. The molecule has 0 bridgehead atoms. The fourth-order valence-electron chi connectivity index (χ4n) is 3.07. The highest BCUT2D eigenvalue weighted by molar-refractivity contribution is 5.78. The molecule has 2 rings (SSSR count). The van der Waals surface area contributed by atoms with E-state index in [-0.39, 0.29) is 11.5 Å². The Hall–Kier alpha value is -0.650. The van der Waals surface area contributed by atoms with E-state index in [1.54, 1.807) is 7.11 Å². The maximum atomic E-state index is 11.9. The lowest BCUT2D eigenvalue weighted by atomic mass is 10.0. The zero-order valence-corrected chi connectivity index (χ0v) is 12.6. The Morgan fingerprint density at radius 1 is 1.30 bits per heavy atom. The number of hydrogen-bond acceptors (Lipinski definition) is 4. The minimum absolute atomic E-state index is 0.0991. The molecule has 1 aliphatic heterocycles. The molecule has 1 saturated carbocycles. The third-order valence-electron chi connectivity index (χ3n) is 4.45. The standard InChI is InChI=1S/C15H28N2O3/c1-19-15(8-9-20-12-15)11-16-10-14(18)17-13-6-4-2-3-5-7-13/h13,16H,2-12H2,1H3,(H,17,18). The fraction of sp³-hybridized carbons (Fsp3) is 0.933. The second kappa shape index (κ2) is 7.96. The van der Waals surface area contributed by atoms with Crippen molar-refractivity contribution in [2.75, 3.05) is 33.4 Å². The lowest BCUT2D eigenvalue weighted by molar-refractivity contribution is -0.121. The Morgan fingerprint density at radius 3 is 2.65 bits per heavy atom. The van der Waals surface area contributed by atoms with Gasteiger partial charge in [-0.2, -0.15) is 0 Å². The molecule has 0 spiro atoms. The van der Waals surface area contributed by atoms with E-state index in [0.717, 1.165) is 25.9 Å². The van der Waals surface area contributed by atoms with Gasteiger partial charge in [0, 0.05) is 32.7 Å². The lowest BCUT2D eigenvalue weighted by Crippen LogP contribution is -2.47. The molecule has 2 aliphatic rings. The van der Waals surface area contributed by atoms with E-state index in [2.05, 4.69) is 10.6 Å². The number of rotatable bonds is 6. The second-order valence-electron chi connectivity index (χ2n) is 6.05. The predicted molar refractivity (Wildman–Crippen MR) is 77.7 cm³/mol. The fourth-order valence-corrected chi connectivity index (χ4v) is 3.07. The lowest BCUT2D eigenvalue weighted by Gasteiger charge is -2.26. The van der Waals surface area contributed by atoms with Crippen molar-refractivity contribution >= 4 is 5.91 Å². The van der Waals surface area contributed by atoms with Gasteiger partial charge in [-0.1, -0.05) is 25.7 Å². The average Bonchev–Trinajstić information content (AvgIpc) is 2.77. The van der Waals surface area contributed by atoms with Crippen molar-refractivity contribution in [2.45, 2.75) is 56.6 Å². The SMILES string of the molecule is COC1(CNCC(=O)NC2CCCCCC2)CCOC1. The summed E-state index contributed by atoms with van der Waals surface area (Å²) in [5, 5.41) is 6.35. The van der Waals surface area contributed by atoms with Crippen LogP contribution in [-0.4, -0.2) is 51.0 Å². The van der Waals surface area contributed by atoms with Crippen molar-refractivity contribution in [3.05, 3.63) is 0 Å². The summed E-state index contributed by atoms with van der Waals surface area (Å²) in [6, 6.07) is 0.373. The monoisotopic (exact) mass is 284 g/mol. The van der Waals surface area contributed by atoms with E-state index in [9.17, 15) is 4.79 Å². The molecule has 0 aromatic rings. The maximum absolute atomic E-state index is 11.9. The number of carbonyl (C=O) groups is 1. The normalized spacial score (nSPS) is 28.2. The molecule has 5 heteroatoms. The van der Waals surface area contributed by atoms with Crippen LogP contribution < -0.4 is 10.6 Å². The van der Waals surface area contributed by atoms with Crippen molar-refractivity contribution in [1.29, 1.82) is 0 Å². The van der Waals surface area contributed by atoms with Crippen molar-refractivity contribution in [2.24, 2.45) is 0 Å². The summed E-state index contributed by atoms with van der Waals surface area (Å²) in [4.78, 5) is 11.9. The largest absolute Gasteiger partial charge is 0.378 e. The molecule has 0 radical (unpaired) electrons. The minimum atomic E-state index is -0.247. The van der Waals surface area contributed by atoms with Crippen LogP contribution in [0.1, 0.15) is 44.9 Å². The van der Waals surface area contributed by atoms with Gasteiger partial charge in [0.15, 0.2) is 0 Å². The summed E-state index contributed by atoms with van der Waals surface area (Å²) in [6.07, 6.45) is 8.23. The van der Waals surface area contributed by atoms with Gasteiger partial charge in [-0.05, 0) is 12.8 Å². The number of nitrogens with one attached hydrogen (secondary N) is 2. The first-order valence-corrected chi connectivity index (χ1v) is 7.87. The molecule has 2 N–H and O–H groups in total. The van der Waals surface area contributed by atoms with Crippen LogP contribution in [0.15, 0.2) is 0 Å². The van der Waals surface area contributed by atoms with Gasteiger partial charge in [0.25, 0.3) is 0 Å². The second-order valence-corrected chi connectivity index (χ2v) is 6.05. The van der Waals surface area contributed by atoms with Gasteiger partial charge < -0.3 is 20.1 Å². The molecule has 1 unspecified atom stereocenters. The van der Waals surface area contributed by atoms with Gasteiger partial charge in [0.1, 0.15) is 5.60 Å². The van der Waals surface area contributed by atoms with Gasteiger partial charge in [-0.25, -0.2) is 0 Å². The van der Waals surface area contributed by atoms with E-state index in [1.807, 2.05) is 0 Å². The molecule has 2 fully saturated rings. The number of ether oxygens (including phenoxy) is 2. The van der Waals surface area contributed by atoms with E-state index in [1.165, 1.54) is 25.7 Å². The van der Waals surface area contributed by atoms with Crippen molar-refractivity contribution in [3.8, 4) is 0 Å². The molecule has 0 aromatic heterocycles. The molecule has 1 amide bonds. The van der Waals surface area contributed by atoms with Crippen LogP contribution in [0.3, 0.4) is 0 Å². The average molecular weight is 284 g/mol. The van der Waals surface area contributed by atoms with Crippen molar-refractivity contribution in [1.82, 2.24) is 10.6 Å². The predicted octanol–water partition coefficient (Wildman–Crippen LogP) is 1.22. The molecule has 5 nitrogen and oxygen atoms in total. The summed E-state index contributed by atoms with van der Waals surface area (Å²) in [7, 11) is 1.71. The Morgan fingerprint density at radius 2 is 2.05 bits per heavy atom. The van der Waals surface area contributed by atoms with Crippen LogP contribution in [0.2, 0.25) is 0 Å². The van der Waals surface area contributed by atoms with Crippen LogP contribution in [0.5, 0.6) is 0 Å². The number of amides is 1. The third kappa shape index (κ3) is 4.72. The maximum Gasteiger partial charge on any atom is 0.234 e. The molecule has 20 heavy (non-hydrogen) atoms. The highest BCUT2D eigenvalue weighted by Crippen LogP contribution is 2.21. The van der Waals surface area contributed by atoms with Crippen LogP contribution >= 0.6 is 0 Å². The quantitative estimate of drug-likeness (QED) is 0.720. The first kappa shape index (κ1) is 15.7. The third-order valence-corrected chi connectivity index (χ3v) is 4.45. The molecule has 116 valence electrons. The zero-order valence-electron chi connectivity index (χ0n) is 12.6. The van der Waals surface area contributed by atoms with Crippen LogP contribution in [-0.2, 0) is 14.3 Å². The van der Waals surface area contributed by atoms with E-state index in [4.69, 9.17) is 9.47 Å². The van der Waals surface area contributed by atoms with Crippen LogP contribution in [0.25, 0.3) is 0 Å². The van der Waals surface area contributed by atoms with Crippen molar-refractivity contribution < 1.29 is 14.3 Å². The molecule has 0 aromatic carbocycles. The van der Waals surface area contributed by atoms with Gasteiger partial charge >= 0.3 is 0 Å². The number of carbonyl (C=O) groups excluding carboxylic acids is 1. The topological polar surface area (TPSA) is 59.6 Å². The van der Waals surface area contributed by atoms with Crippen LogP contribution in [0, 0.1) is 0 Å². The van der Waals surface area contributed by atoms with E-state index < -0.39 is 0 Å². The van der Waals surface area contributed by atoms with Gasteiger partial charge in [0.2, 0.25) is 5.91 Å². The van der Waals surface area contributed by atoms with Crippen LogP contribution in [0.4, 0.5) is 0 Å². The molecule has 1 aliphatic carbocycles. The summed E-state index contributed by atoms with van der Waals surface area (Å²) in [6.45, 7) is 2.38. The summed E-state index contributed by atoms with van der Waals surface area (Å²) < 4.78 is 10.9. The van der Waals surface area contributed by atoms with E-state index >= 15 is 0 Å². The Labute approximate surface area is 121 Å². The van der Waals surface area contributed by atoms with Gasteiger partial charge in [-0.15, -0.1) is 0 Å².